The zero-order chi connectivity index (χ0) is 7.61. The molecule has 0 N–H and O–H groups in total. The van der Waals surface area contributed by atoms with Crippen LogP contribution in [0.1, 0.15) is 32.6 Å². The monoisotopic (exact) mass is 137 g/mol. The second-order valence-electron chi connectivity index (χ2n) is 3.07. The standard InChI is InChI=1S/C8H11NO/c1-7(10)6-8(9-2)4-3-5-8/h3-6H2,1H3. The average molecular weight is 137 g/mol. The van der Waals surface area contributed by atoms with Gasteiger partial charge in [0, 0.05) is 12.8 Å². The van der Waals surface area contributed by atoms with Crippen molar-refractivity contribution in [3.05, 3.63) is 11.4 Å². The summed E-state index contributed by atoms with van der Waals surface area (Å²) in [5.74, 6) is 0.149. The smallest absolute Gasteiger partial charge is 0.239 e. The Kier molecular flexibility index (Phi) is 1.76. The SMILES string of the molecule is [C-]#[N+]C1(CC(C)=O)CCC1. The molecule has 0 aliphatic heterocycles. The molecule has 1 aliphatic rings. The van der Waals surface area contributed by atoms with Crippen LogP contribution in [0.15, 0.2) is 0 Å². The maximum Gasteiger partial charge on any atom is 0.239 e. The fraction of sp³-hybridized carbons (Fsp3) is 0.750. The Bertz CT molecular complexity index is 186. The number of nitrogens with zero attached hydrogens (tertiary/aromatic N) is 1. The Labute approximate surface area is 61.1 Å². The Hall–Kier alpha value is -0.840. The number of carbonyl (C=O) groups is 1. The van der Waals surface area contributed by atoms with Crippen LogP contribution in [0.3, 0.4) is 0 Å². The van der Waals surface area contributed by atoms with Gasteiger partial charge in [0.05, 0.1) is 6.42 Å². The van der Waals surface area contributed by atoms with E-state index in [1.807, 2.05) is 0 Å². The molecule has 0 atom stereocenters. The van der Waals surface area contributed by atoms with Crippen LogP contribution < -0.4 is 0 Å². The molecule has 0 unspecified atom stereocenters. The lowest BCUT2D eigenvalue weighted by Crippen LogP contribution is -2.35. The van der Waals surface area contributed by atoms with E-state index < -0.39 is 0 Å². The molecular weight excluding hydrogens is 126 g/mol. The molecule has 2 heteroatoms. The van der Waals surface area contributed by atoms with Crippen molar-refractivity contribution < 1.29 is 4.79 Å². The molecule has 54 valence electrons. The second-order valence-corrected chi connectivity index (χ2v) is 3.07. The highest BCUT2D eigenvalue weighted by atomic mass is 16.1. The van der Waals surface area contributed by atoms with Gasteiger partial charge in [0.15, 0.2) is 0 Å². The largest absolute Gasteiger partial charge is 0.310 e. The Balaban J connectivity index is 2.51. The molecule has 0 bridgehead atoms. The summed E-state index contributed by atoms with van der Waals surface area (Å²) in [4.78, 5) is 14.2. The summed E-state index contributed by atoms with van der Waals surface area (Å²) in [6.45, 7) is 8.43. The van der Waals surface area contributed by atoms with Crippen LogP contribution in [0.4, 0.5) is 0 Å². The third kappa shape index (κ3) is 1.18. The number of hydrogen-bond acceptors (Lipinski definition) is 1. The first-order valence-corrected chi connectivity index (χ1v) is 3.57. The molecular formula is C8H11NO. The minimum Gasteiger partial charge on any atom is -0.310 e. The van der Waals surface area contributed by atoms with Gasteiger partial charge in [0.1, 0.15) is 5.78 Å². The van der Waals surface area contributed by atoms with Crippen molar-refractivity contribution in [2.45, 2.75) is 38.1 Å². The summed E-state index contributed by atoms with van der Waals surface area (Å²) in [6.07, 6.45) is 3.44. The number of Topliss-reactive ketones (excluding diaryl/α,β-unsaturated/α-hetero) is 1. The van der Waals surface area contributed by atoms with E-state index in [2.05, 4.69) is 4.85 Å². The van der Waals surface area contributed by atoms with Crippen LogP contribution >= 0.6 is 0 Å². The van der Waals surface area contributed by atoms with Crippen LogP contribution in [0.25, 0.3) is 4.85 Å². The van der Waals surface area contributed by atoms with E-state index in [0.29, 0.717) is 6.42 Å². The van der Waals surface area contributed by atoms with Gasteiger partial charge in [-0.1, -0.05) is 0 Å². The summed E-state index contributed by atoms with van der Waals surface area (Å²) in [6, 6.07) is 0. The molecule has 0 aromatic carbocycles. The molecule has 0 aromatic heterocycles. The predicted molar refractivity (Wildman–Crippen MR) is 38.5 cm³/mol. The molecule has 1 aliphatic carbocycles. The second kappa shape index (κ2) is 2.42. The van der Waals surface area contributed by atoms with Gasteiger partial charge in [-0.2, -0.15) is 0 Å². The van der Waals surface area contributed by atoms with Crippen molar-refractivity contribution in [2.24, 2.45) is 0 Å². The van der Waals surface area contributed by atoms with Crippen molar-refractivity contribution in [1.29, 1.82) is 0 Å². The van der Waals surface area contributed by atoms with Crippen molar-refractivity contribution in [2.75, 3.05) is 0 Å². The number of rotatable bonds is 2. The van der Waals surface area contributed by atoms with Crippen LogP contribution in [0.5, 0.6) is 0 Å². The van der Waals surface area contributed by atoms with Crippen LogP contribution in [-0.4, -0.2) is 11.3 Å². The highest BCUT2D eigenvalue weighted by Gasteiger charge is 2.44. The van der Waals surface area contributed by atoms with E-state index >= 15 is 0 Å². The van der Waals surface area contributed by atoms with Gasteiger partial charge >= 0.3 is 0 Å². The molecule has 0 spiro atoms. The summed E-state index contributed by atoms with van der Waals surface area (Å²) in [5, 5.41) is 0. The molecule has 1 rings (SSSR count). The lowest BCUT2D eigenvalue weighted by molar-refractivity contribution is -0.118. The van der Waals surface area contributed by atoms with Crippen LogP contribution in [-0.2, 0) is 4.79 Å². The molecule has 0 amide bonds. The van der Waals surface area contributed by atoms with E-state index in [-0.39, 0.29) is 11.3 Å². The predicted octanol–water partition coefficient (Wildman–Crippen LogP) is 1.81. The van der Waals surface area contributed by atoms with E-state index in [9.17, 15) is 4.79 Å². The average Bonchev–Trinajstić information content (AvgIpc) is 1.78. The van der Waals surface area contributed by atoms with Crippen molar-refractivity contribution in [3.8, 4) is 0 Å². The first-order chi connectivity index (χ1) is 4.68. The number of ketones is 1. The Morgan fingerprint density at radius 1 is 1.70 bits per heavy atom. The Morgan fingerprint density at radius 3 is 2.40 bits per heavy atom. The summed E-state index contributed by atoms with van der Waals surface area (Å²) < 4.78 is 0. The van der Waals surface area contributed by atoms with E-state index in [4.69, 9.17) is 6.57 Å². The normalized spacial score (nSPS) is 20.8. The molecule has 1 fully saturated rings. The highest BCUT2D eigenvalue weighted by molar-refractivity contribution is 5.77. The summed E-state index contributed by atoms with van der Waals surface area (Å²) >= 11 is 0. The van der Waals surface area contributed by atoms with Gasteiger partial charge in [-0.05, 0) is 13.3 Å². The molecule has 1 saturated carbocycles. The first kappa shape index (κ1) is 7.27. The maximum atomic E-state index is 10.7. The van der Waals surface area contributed by atoms with Crippen LogP contribution in [0, 0.1) is 6.57 Å². The van der Waals surface area contributed by atoms with Gasteiger partial charge in [0.2, 0.25) is 5.54 Å². The fourth-order valence-electron chi connectivity index (χ4n) is 1.38. The van der Waals surface area contributed by atoms with E-state index in [1.165, 1.54) is 0 Å². The zero-order valence-electron chi connectivity index (χ0n) is 6.18. The molecule has 0 saturated heterocycles. The topological polar surface area (TPSA) is 21.4 Å². The van der Waals surface area contributed by atoms with Crippen molar-refractivity contribution in [1.82, 2.24) is 0 Å². The number of hydrogen-bond donors (Lipinski definition) is 0. The summed E-state index contributed by atoms with van der Waals surface area (Å²) in [7, 11) is 0. The molecule has 0 aromatic rings. The lowest BCUT2D eigenvalue weighted by atomic mass is 9.74. The molecule has 0 heterocycles. The van der Waals surface area contributed by atoms with Crippen molar-refractivity contribution >= 4 is 5.78 Å². The minimum atomic E-state index is -0.272. The van der Waals surface area contributed by atoms with Crippen LogP contribution in [0.2, 0.25) is 0 Å². The quantitative estimate of drug-likeness (QED) is 0.532. The fourth-order valence-corrected chi connectivity index (χ4v) is 1.38. The maximum absolute atomic E-state index is 10.7. The summed E-state index contributed by atoms with van der Waals surface area (Å²) in [5.41, 5.74) is -0.272. The minimum absolute atomic E-state index is 0.149. The van der Waals surface area contributed by atoms with E-state index in [0.717, 1.165) is 19.3 Å². The Morgan fingerprint density at radius 2 is 2.30 bits per heavy atom. The van der Waals surface area contributed by atoms with E-state index in [1.54, 1.807) is 6.92 Å². The van der Waals surface area contributed by atoms with Gasteiger partial charge in [-0.15, -0.1) is 0 Å². The highest BCUT2D eigenvalue weighted by Crippen LogP contribution is 2.38. The third-order valence-corrected chi connectivity index (χ3v) is 2.10. The number of carbonyl (C=O) groups excluding carboxylic acids is 1. The molecule has 2 nitrogen and oxygen atoms in total. The zero-order valence-corrected chi connectivity index (χ0v) is 6.18. The van der Waals surface area contributed by atoms with Gasteiger partial charge in [0.25, 0.3) is 0 Å². The van der Waals surface area contributed by atoms with Gasteiger partial charge in [-0.3, -0.25) is 4.79 Å². The van der Waals surface area contributed by atoms with Gasteiger partial charge in [-0.25, -0.2) is 6.57 Å². The van der Waals surface area contributed by atoms with Crippen molar-refractivity contribution in [3.63, 3.8) is 0 Å². The lowest BCUT2D eigenvalue weighted by Gasteiger charge is -2.28. The van der Waals surface area contributed by atoms with Gasteiger partial charge < -0.3 is 4.85 Å². The molecule has 0 radical (unpaired) electrons. The first-order valence-electron chi connectivity index (χ1n) is 3.57. The molecule has 10 heavy (non-hydrogen) atoms. The third-order valence-electron chi connectivity index (χ3n) is 2.10.